The monoisotopic (exact) mass is 254 g/mol. The fourth-order valence-corrected chi connectivity index (χ4v) is 2.99. The zero-order valence-electron chi connectivity index (χ0n) is 12.7. The van der Waals surface area contributed by atoms with Crippen LogP contribution < -0.4 is 5.73 Å². The fourth-order valence-electron chi connectivity index (χ4n) is 2.99. The molecule has 106 valence electrons. The molecule has 0 saturated heterocycles. The molecular weight excluding hydrogens is 224 g/mol. The van der Waals surface area contributed by atoms with E-state index in [1.165, 1.54) is 6.42 Å². The molecule has 0 spiro atoms. The van der Waals surface area contributed by atoms with Gasteiger partial charge in [0.15, 0.2) is 0 Å². The molecule has 0 aliphatic heterocycles. The van der Waals surface area contributed by atoms with Crippen molar-refractivity contribution in [1.29, 1.82) is 0 Å². The molecule has 1 fully saturated rings. The van der Waals surface area contributed by atoms with E-state index in [4.69, 9.17) is 5.73 Å². The van der Waals surface area contributed by atoms with Crippen molar-refractivity contribution in [3.63, 3.8) is 0 Å². The number of carbonyl (C=O) groups excluding carboxylic acids is 1. The Kier molecular flexibility index (Phi) is 5.20. The van der Waals surface area contributed by atoms with Crippen LogP contribution in [0.5, 0.6) is 0 Å². The minimum Gasteiger partial charge on any atom is -0.338 e. The molecule has 0 heterocycles. The van der Waals surface area contributed by atoms with Crippen molar-refractivity contribution in [2.24, 2.45) is 17.6 Å². The molecule has 0 aromatic carbocycles. The average molecular weight is 254 g/mol. The van der Waals surface area contributed by atoms with E-state index in [-0.39, 0.29) is 11.9 Å². The molecule has 1 saturated carbocycles. The summed E-state index contributed by atoms with van der Waals surface area (Å²) in [5.41, 5.74) is 5.80. The van der Waals surface area contributed by atoms with Crippen molar-refractivity contribution in [3.8, 4) is 0 Å². The number of rotatable bonds is 4. The Bertz CT molecular complexity index is 288. The summed E-state index contributed by atoms with van der Waals surface area (Å²) in [6.45, 7) is 11.5. The van der Waals surface area contributed by atoms with Crippen LogP contribution in [0.3, 0.4) is 0 Å². The Hall–Kier alpha value is -0.570. The van der Waals surface area contributed by atoms with Gasteiger partial charge in [-0.1, -0.05) is 33.6 Å². The minimum atomic E-state index is -0.614. The second-order valence-electron chi connectivity index (χ2n) is 6.80. The summed E-state index contributed by atoms with van der Waals surface area (Å²) in [5.74, 6) is 1.22. The number of nitrogens with two attached hydrogens (primary N) is 1. The van der Waals surface area contributed by atoms with Crippen molar-refractivity contribution in [3.05, 3.63) is 0 Å². The van der Waals surface area contributed by atoms with E-state index in [2.05, 4.69) is 34.6 Å². The number of nitrogens with zero attached hydrogens (tertiary/aromatic N) is 1. The Morgan fingerprint density at radius 1 is 1.39 bits per heavy atom. The van der Waals surface area contributed by atoms with Crippen LogP contribution in [0, 0.1) is 11.8 Å². The Morgan fingerprint density at radius 2 is 2.00 bits per heavy atom. The lowest BCUT2D eigenvalue weighted by atomic mass is 9.76. The number of carbonyl (C=O) groups is 1. The third kappa shape index (κ3) is 3.71. The molecular formula is C15H30N2O. The Balaban J connectivity index is 2.81. The molecule has 3 heteroatoms. The molecule has 2 atom stereocenters. The van der Waals surface area contributed by atoms with Gasteiger partial charge in [-0.25, -0.2) is 0 Å². The maximum absolute atomic E-state index is 12.7. The molecule has 0 bridgehead atoms. The van der Waals surface area contributed by atoms with Gasteiger partial charge < -0.3 is 10.6 Å². The standard InChI is InChI=1S/C15H30N2O/c1-11(2)10-17(12(3)4)14(18)15(16)8-6-7-13(5)9-15/h11-13H,6-10,16H2,1-5H3. The Morgan fingerprint density at radius 3 is 2.44 bits per heavy atom. The SMILES string of the molecule is CC(C)CN(C(=O)C1(N)CCCC(C)C1)C(C)C. The van der Waals surface area contributed by atoms with E-state index in [1.54, 1.807) is 0 Å². The molecule has 1 aliphatic carbocycles. The van der Waals surface area contributed by atoms with Gasteiger partial charge in [0.2, 0.25) is 5.91 Å². The first-order chi connectivity index (χ1) is 8.26. The third-order valence-electron chi connectivity index (χ3n) is 3.90. The lowest BCUT2D eigenvalue weighted by Gasteiger charge is -2.41. The molecule has 1 amide bonds. The van der Waals surface area contributed by atoms with Gasteiger partial charge in [0.1, 0.15) is 0 Å². The van der Waals surface area contributed by atoms with Gasteiger partial charge in [-0.3, -0.25) is 4.79 Å². The highest BCUT2D eigenvalue weighted by atomic mass is 16.2. The average Bonchev–Trinajstić information content (AvgIpc) is 2.24. The van der Waals surface area contributed by atoms with Crippen LogP contribution in [0.25, 0.3) is 0 Å². The van der Waals surface area contributed by atoms with Gasteiger partial charge in [-0.05, 0) is 38.5 Å². The highest BCUT2D eigenvalue weighted by molar-refractivity contribution is 5.86. The van der Waals surface area contributed by atoms with Gasteiger partial charge in [-0.2, -0.15) is 0 Å². The van der Waals surface area contributed by atoms with Crippen molar-refractivity contribution >= 4 is 5.91 Å². The van der Waals surface area contributed by atoms with E-state index in [1.807, 2.05) is 4.90 Å². The van der Waals surface area contributed by atoms with Crippen LogP contribution >= 0.6 is 0 Å². The minimum absolute atomic E-state index is 0.165. The summed E-state index contributed by atoms with van der Waals surface area (Å²) < 4.78 is 0. The molecule has 0 aromatic heterocycles. The smallest absolute Gasteiger partial charge is 0.242 e. The predicted octanol–water partition coefficient (Wildman–Crippen LogP) is 2.79. The molecule has 0 aromatic rings. The molecule has 1 rings (SSSR count). The summed E-state index contributed by atoms with van der Waals surface area (Å²) in [6.07, 6.45) is 3.97. The number of hydrogen-bond donors (Lipinski definition) is 1. The normalized spacial score (nSPS) is 28.8. The van der Waals surface area contributed by atoms with Gasteiger partial charge in [0.05, 0.1) is 5.54 Å². The molecule has 3 nitrogen and oxygen atoms in total. The second-order valence-corrected chi connectivity index (χ2v) is 6.80. The fraction of sp³-hybridized carbons (Fsp3) is 0.933. The quantitative estimate of drug-likeness (QED) is 0.838. The van der Waals surface area contributed by atoms with Gasteiger partial charge in [-0.15, -0.1) is 0 Å². The van der Waals surface area contributed by atoms with Crippen LogP contribution in [0.2, 0.25) is 0 Å². The molecule has 1 aliphatic rings. The third-order valence-corrected chi connectivity index (χ3v) is 3.90. The zero-order chi connectivity index (χ0) is 13.9. The van der Waals surface area contributed by atoms with Crippen LogP contribution in [-0.2, 0) is 4.79 Å². The largest absolute Gasteiger partial charge is 0.338 e. The topological polar surface area (TPSA) is 46.3 Å². The van der Waals surface area contributed by atoms with E-state index < -0.39 is 5.54 Å². The maximum atomic E-state index is 12.7. The second kappa shape index (κ2) is 6.05. The molecule has 2 N–H and O–H groups in total. The van der Waals surface area contributed by atoms with Crippen molar-refractivity contribution < 1.29 is 4.79 Å². The first-order valence-electron chi connectivity index (χ1n) is 7.36. The lowest BCUT2D eigenvalue weighted by Crippen LogP contribution is -2.59. The van der Waals surface area contributed by atoms with Gasteiger partial charge in [0.25, 0.3) is 0 Å². The van der Waals surface area contributed by atoms with Gasteiger partial charge in [0, 0.05) is 12.6 Å². The summed E-state index contributed by atoms with van der Waals surface area (Å²) in [6, 6.07) is 0.234. The van der Waals surface area contributed by atoms with E-state index in [0.29, 0.717) is 11.8 Å². The van der Waals surface area contributed by atoms with E-state index in [0.717, 1.165) is 25.8 Å². The van der Waals surface area contributed by atoms with Crippen molar-refractivity contribution in [1.82, 2.24) is 4.90 Å². The predicted molar refractivity (Wildman–Crippen MR) is 76.2 cm³/mol. The van der Waals surface area contributed by atoms with Crippen molar-refractivity contribution in [2.75, 3.05) is 6.54 Å². The summed E-state index contributed by atoms with van der Waals surface area (Å²) in [7, 11) is 0. The molecule has 18 heavy (non-hydrogen) atoms. The Labute approximate surface area is 112 Å². The van der Waals surface area contributed by atoms with Crippen LogP contribution in [0.1, 0.15) is 60.3 Å². The highest BCUT2D eigenvalue weighted by Gasteiger charge is 2.41. The first kappa shape index (κ1) is 15.5. The summed E-state index contributed by atoms with van der Waals surface area (Å²) in [4.78, 5) is 14.7. The van der Waals surface area contributed by atoms with Gasteiger partial charge >= 0.3 is 0 Å². The highest BCUT2D eigenvalue weighted by Crippen LogP contribution is 2.32. The molecule has 2 unspecified atom stereocenters. The lowest BCUT2D eigenvalue weighted by molar-refractivity contribution is -0.141. The molecule has 0 radical (unpaired) electrons. The van der Waals surface area contributed by atoms with E-state index in [9.17, 15) is 4.79 Å². The van der Waals surface area contributed by atoms with E-state index >= 15 is 0 Å². The maximum Gasteiger partial charge on any atom is 0.242 e. The first-order valence-corrected chi connectivity index (χ1v) is 7.36. The number of amides is 1. The van der Waals surface area contributed by atoms with Crippen LogP contribution in [0.4, 0.5) is 0 Å². The summed E-state index contributed by atoms with van der Waals surface area (Å²) >= 11 is 0. The van der Waals surface area contributed by atoms with Crippen molar-refractivity contribution in [2.45, 2.75) is 71.9 Å². The zero-order valence-corrected chi connectivity index (χ0v) is 12.7. The number of hydrogen-bond acceptors (Lipinski definition) is 2. The van der Waals surface area contributed by atoms with Crippen LogP contribution in [0.15, 0.2) is 0 Å². The van der Waals surface area contributed by atoms with Crippen LogP contribution in [-0.4, -0.2) is 28.9 Å². The summed E-state index contributed by atoms with van der Waals surface area (Å²) in [5, 5.41) is 0.